The molecule has 2 aromatic carbocycles. The van der Waals surface area contributed by atoms with E-state index in [0.717, 1.165) is 53.5 Å². The van der Waals surface area contributed by atoms with E-state index in [9.17, 15) is 4.79 Å². The Kier molecular flexibility index (Phi) is 6.51. The number of amides is 1. The Labute approximate surface area is 183 Å². The summed E-state index contributed by atoms with van der Waals surface area (Å²) < 4.78 is 22.2. The molecule has 0 saturated carbocycles. The van der Waals surface area contributed by atoms with Crippen molar-refractivity contribution in [2.45, 2.75) is 31.8 Å². The van der Waals surface area contributed by atoms with Crippen molar-refractivity contribution in [3.05, 3.63) is 47.5 Å². The van der Waals surface area contributed by atoms with Gasteiger partial charge in [0.1, 0.15) is 24.7 Å². The first-order valence-corrected chi connectivity index (χ1v) is 10.7. The minimum atomic E-state index is -0.201. The molecule has 166 valence electrons. The summed E-state index contributed by atoms with van der Waals surface area (Å²) in [7, 11) is 3.25. The largest absolute Gasteiger partial charge is 0.497 e. The van der Waals surface area contributed by atoms with Gasteiger partial charge in [0.05, 0.1) is 26.8 Å². The van der Waals surface area contributed by atoms with Crippen molar-refractivity contribution in [2.24, 2.45) is 0 Å². The third-order valence-corrected chi connectivity index (χ3v) is 5.94. The number of hydrogen-bond donors (Lipinski definition) is 1. The van der Waals surface area contributed by atoms with E-state index in [1.807, 2.05) is 31.2 Å². The number of likely N-dealkylation sites (tertiary alicyclic amines) is 1. The minimum absolute atomic E-state index is 0.0122. The predicted molar refractivity (Wildman–Crippen MR) is 117 cm³/mol. The van der Waals surface area contributed by atoms with Crippen molar-refractivity contribution in [3.8, 4) is 23.0 Å². The maximum absolute atomic E-state index is 12.9. The van der Waals surface area contributed by atoms with Gasteiger partial charge >= 0.3 is 0 Å². The molecule has 0 bridgehead atoms. The second-order valence-corrected chi connectivity index (χ2v) is 7.93. The summed E-state index contributed by atoms with van der Waals surface area (Å²) in [6.45, 7) is 4.34. The first kappa shape index (κ1) is 21.3. The second kappa shape index (κ2) is 9.47. The molecule has 0 spiro atoms. The number of ether oxygens (including phenoxy) is 4. The van der Waals surface area contributed by atoms with Crippen LogP contribution in [0, 0.1) is 0 Å². The lowest BCUT2D eigenvalue weighted by Crippen LogP contribution is -2.38. The van der Waals surface area contributed by atoms with Crippen molar-refractivity contribution in [3.63, 3.8) is 0 Å². The summed E-state index contributed by atoms with van der Waals surface area (Å²) in [5.41, 5.74) is 2.05. The minimum Gasteiger partial charge on any atom is -0.497 e. The topological polar surface area (TPSA) is 69.3 Å². The van der Waals surface area contributed by atoms with Crippen LogP contribution in [0.5, 0.6) is 23.0 Å². The number of benzene rings is 2. The van der Waals surface area contributed by atoms with Crippen LogP contribution in [0.1, 0.15) is 43.0 Å². The highest BCUT2D eigenvalue weighted by atomic mass is 16.6. The van der Waals surface area contributed by atoms with Crippen LogP contribution in [-0.4, -0.2) is 51.3 Å². The number of nitrogens with zero attached hydrogens (tertiary/aromatic N) is 1. The van der Waals surface area contributed by atoms with Crippen molar-refractivity contribution in [1.82, 2.24) is 10.2 Å². The van der Waals surface area contributed by atoms with E-state index < -0.39 is 0 Å². The van der Waals surface area contributed by atoms with Crippen LogP contribution in [0.4, 0.5) is 0 Å². The lowest BCUT2D eigenvalue weighted by atomic mass is 10.0. The van der Waals surface area contributed by atoms with Crippen molar-refractivity contribution in [2.75, 3.05) is 40.5 Å². The molecule has 1 N–H and O–H groups in total. The van der Waals surface area contributed by atoms with E-state index in [2.05, 4.69) is 22.3 Å². The Morgan fingerprint density at radius 3 is 2.71 bits per heavy atom. The Hall–Kier alpha value is -2.93. The van der Waals surface area contributed by atoms with Gasteiger partial charge < -0.3 is 24.3 Å². The van der Waals surface area contributed by atoms with Crippen LogP contribution in [0.3, 0.4) is 0 Å². The van der Waals surface area contributed by atoms with Gasteiger partial charge in [0.25, 0.3) is 0 Å². The molecule has 0 aliphatic carbocycles. The summed E-state index contributed by atoms with van der Waals surface area (Å²) in [4.78, 5) is 15.1. The summed E-state index contributed by atoms with van der Waals surface area (Å²) in [5.74, 6) is 3.03. The number of carbonyl (C=O) groups excluding carboxylic acids is 1. The van der Waals surface area contributed by atoms with Gasteiger partial charge in [0, 0.05) is 11.6 Å². The quantitative estimate of drug-likeness (QED) is 0.731. The molecule has 4 rings (SSSR count). The number of carbonyl (C=O) groups is 1. The fourth-order valence-electron chi connectivity index (χ4n) is 4.39. The van der Waals surface area contributed by atoms with Crippen molar-refractivity contribution < 1.29 is 23.7 Å². The maximum atomic E-state index is 12.9. The molecule has 1 saturated heterocycles. The van der Waals surface area contributed by atoms with Gasteiger partial charge in [-0.1, -0.05) is 6.07 Å². The lowest BCUT2D eigenvalue weighted by molar-refractivity contribution is -0.123. The molecule has 1 amide bonds. The Balaban J connectivity index is 1.42. The zero-order valence-corrected chi connectivity index (χ0v) is 18.3. The molecule has 7 nitrogen and oxygen atoms in total. The Morgan fingerprint density at radius 1 is 1.13 bits per heavy atom. The van der Waals surface area contributed by atoms with Gasteiger partial charge in [0.2, 0.25) is 5.91 Å². The van der Waals surface area contributed by atoms with Gasteiger partial charge in [-0.25, -0.2) is 0 Å². The highest BCUT2D eigenvalue weighted by Crippen LogP contribution is 2.38. The summed E-state index contributed by atoms with van der Waals surface area (Å²) in [6, 6.07) is 11.7. The van der Waals surface area contributed by atoms with Gasteiger partial charge in [-0.15, -0.1) is 0 Å². The Bertz CT molecular complexity index is 932. The number of fused-ring (bicyclic) bond motifs is 1. The zero-order chi connectivity index (χ0) is 21.8. The fourth-order valence-corrected chi connectivity index (χ4v) is 4.39. The Morgan fingerprint density at radius 2 is 1.94 bits per heavy atom. The number of nitrogens with one attached hydrogen (secondary N) is 1. The maximum Gasteiger partial charge on any atom is 0.234 e. The zero-order valence-electron chi connectivity index (χ0n) is 18.3. The smallest absolute Gasteiger partial charge is 0.234 e. The highest BCUT2D eigenvalue weighted by molar-refractivity contribution is 5.78. The highest BCUT2D eigenvalue weighted by Gasteiger charge is 2.29. The number of hydrogen-bond acceptors (Lipinski definition) is 6. The molecule has 2 heterocycles. The van der Waals surface area contributed by atoms with Crippen LogP contribution in [0.25, 0.3) is 0 Å². The molecule has 2 atom stereocenters. The molecule has 7 heteroatoms. The van der Waals surface area contributed by atoms with E-state index >= 15 is 0 Å². The van der Waals surface area contributed by atoms with Crippen molar-refractivity contribution >= 4 is 5.91 Å². The number of methoxy groups -OCH3 is 2. The van der Waals surface area contributed by atoms with E-state index in [0.29, 0.717) is 19.8 Å². The third-order valence-electron chi connectivity index (χ3n) is 5.94. The third kappa shape index (κ3) is 4.71. The van der Waals surface area contributed by atoms with E-state index in [4.69, 9.17) is 18.9 Å². The molecule has 0 unspecified atom stereocenters. The monoisotopic (exact) mass is 426 g/mol. The molecular weight excluding hydrogens is 396 g/mol. The average Bonchev–Trinajstić information content (AvgIpc) is 3.26. The van der Waals surface area contributed by atoms with Gasteiger partial charge in [-0.2, -0.15) is 0 Å². The van der Waals surface area contributed by atoms with E-state index in [1.165, 1.54) is 0 Å². The molecule has 2 aliphatic rings. The van der Waals surface area contributed by atoms with Crippen LogP contribution in [0.2, 0.25) is 0 Å². The average molecular weight is 427 g/mol. The van der Waals surface area contributed by atoms with Crippen LogP contribution < -0.4 is 24.3 Å². The van der Waals surface area contributed by atoms with Crippen LogP contribution in [0.15, 0.2) is 36.4 Å². The normalized spacial score (nSPS) is 19.0. The van der Waals surface area contributed by atoms with Gasteiger partial charge in [-0.05, 0) is 62.2 Å². The molecular formula is C24H30N2O5. The first-order chi connectivity index (χ1) is 15.1. The lowest BCUT2D eigenvalue weighted by Gasteiger charge is -2.27. The van der Waals surface area contributed by atoms with Gasteiger partial charge in [-0.3, -0.25) is 9.69 Å². The van der Waals surface area contributed by atoms with E-state index in [-0.39, 0.29) is 18.0 Å². The standard InChI is InChI=1S/C24H30N2O5/c1-16(19-14-18(28-2)7-9-21(19)29-3)25-24(27)15-26-10-4-5-20(26)17-6-8-22-23(13-17)31-12-11-30-22/h6-9,13-14,16,20H,4-5,10-12,15H2,1-3H3,(H,25,27)/t16-,20-/m0/s1. The van der Waals surface area contributed by atoms with E-state index in [1.54, 1.807) is 14.2 Å². The molecule has 2 aliphatic heterocycles. The van der Waals surface area contributed by atoms with Crippen LogP contribution >= 0.6 is 0 Å². The second-order valence-electron chi connectivity index (χ2n) is 7.93. The first-order valence-electron chi connectivity index (χ1n) is 10.7. The van der Waals surface area contributed by atoms with Gasteiger partial charge in [0.15, 0.2) is 11.5 Å². The summed E-state index contributed by atoms with van der Waals surface area (Å²) in [6.07, 6.45) is 2.08. The molecule has 31 heavy (non-hydrogen) atoms. The summed E-state index contributed by atoms with van der Waals surface area (Å²) >= 11 is 0. The molecule has 2 aromatic rings. The SMILES string of the molecule is COc1ccc(OC)c([C@H](C)NC(=O)CN2CCC[C@H]2c2ccc3c(c2)OCCO3)c1. The predicted octanol–water partition coefficient (Wildman–Crippen LogP) is 3.49. The molecule has 0 radical (unpaired) electrons. The van der Waals surface area contributed by atoms with Crippen LogP contribution in [-0.2, 0) is 4.79 Å². The fraction of sp³-hybridized carbons (Fsp3) is 0.458. The summed E-state index contributed by atoms with van der Waals surface area (Å²) in [5, 5.41) is 3.11. The van der Waals surface area contributed by atoms with Crippen molar-refractivity contribution in [1.29, 1.82) is 0 Å². The molecule has 0 aromatic heterocycles. The number of rotatable bonds is 7. The molecule has 1 fully saturated rings.